The van der Waals surface area contributed by atoms with Gasteiger partial charge in [-0.15, -0.1) is 0 Å². The van der Waals surface area contributed by atoms with Gasteiger partial charge < -0.3 is 19.1 Å². The minimum absolute atomic E-state index is 0.251. The van der Waals surface area contributed by atoms with Crippen LogP contribution in [0.15, 0.2) is 47.5 Å². The molecule has 0 aromatic heterocycles. The van der Waals surface area contributed by atoms with Gasteiger partial charge in [0.25, 0.3) is 5.91 Å². The van der Waals surface area contributed by atoms with Gasteiger partial charge in [-0.25, -0.2) is 4.79 Å². The maximum Gasteiger partial charge on any atom is 0.341 e. The van der Waals surface area contributed by atoms with Crippen molar-refractivity contribution in [2.45, 2.75) is 6.23 Å². The Morgan fingerprint density at radius 2 is 1.96 bits per heavy atom. The molecular formula is C20H20N2O5. The molecule has 1 amide bonds. The van der Waals surface area contributed by atoms with Gasteiger partial charge in [0.15, 0.2) is 6.23 Å². The fourth-order valence-corrected chi connectivity index (χ4v) is 2.89. The van der Waals surface area contributed by atoms with Crippen molar-refractivity contribution in [3.05, 3.63) is 59.2 Å². The van der Waals surface area contributed by atoms with Crippen LogP contribution in [-0.2, 0) is 9.47 Å². The number of hydrogen-bond donors (Lipinski definition) is 0. The summed E-state index contributed by atoms with van der Waals surface area (Å²) in [6.45, 7) is 0.447. The highest BCUT2D eigenvalue weighted by Crippen LogP contribution is 2.31. The maximum absolute atomic E-state index is 13.0. The minimum Gasteiger partial charge on any atom is -0.496 e. The lowest BCUT2D eigenvalue weighted by Crippen LogP contribution is -2.27. The van der Waals surface area contributed by atoms with Gasteiger partial charge in [-0.1, -0.05) is 18.2 Å². The number of methoxy groups -OCH3 is 2. The zero-order chi connectivity index (χ0) is 19.4. The van der Waals surface area contributed by atoms with Crippen molar-refractivity contribution >= 4 is 23.8 Å². The van der Waals surface area contributed by atoms with Crippen molar-refractivity contribution in [3.8, 4) is 5.75 Å². The fraction of sp³-hybridized carbons (Fsp3) is 0.250. The highest BCUT2D eigenvalue weighted by molar-refractivity contribution is 6.07. The van der Waals surface area contributed by atoms with Crippen LogP contribution in [0.3, 0.4) is 0 Å². The van der Waals surface area contributed by atoms with Crippen molar-refractivity contribution in [1.29, 1.82) is 0 Å². The quantitative estimate of drug-likeness (QED) is 0.759. The summed E-state index contributed by atoms with van der Waals surface area (Å²) < 4.78 is 15.5. The number of carbonyl (C=O) groups is 2. The highest BCUT2D eigenvalue weighted by Gasteiger charge is 2.23. The fourth-order valence-electron chi connectivity index (χ4n) is 2.89. The van der Waals surface area contributed by atoms with Gasteiger partial charge in [0.05, 0.1) is 26.5 Å². The van der Waals surface area contributed by atoms with Gasteiger partial charge >= 0.3 is 5.97 Å². The summed E-state index contributed by atoms with van der Waals surface area (Å²) in [7, 11) is 4.41. The Balaban J connectivity index is 1.92. The molecule has 0 fully saturated rings. The lowest BCUT2D eigenvalue weighted by Gasteiger charge is -2.22. The molecule has 0 bridgehead atoms. The monoisotopic (exact) mass is 368 g/mol. The van der Waals surface area contributed by atoms with Crippen LogP contribution in [-0.4, -0.2) is 46.0 Å². The van der Waals surface area contributed by atoms with Crippen LogP contribution in [0.4, 0.5) is 5.69 Å². The first kappa shape index (κ1) is 18.6. The van der Waals surface area contributed by atoms with Gasteiger partial charge in [0.1, 0.15) is 11.3 Å². The molecule has 0 saturated carbocycles. The van der Waals surface area contributed by atoms with Crippen LogP contribution in [0, 0.1) is 0 Å². The number of ether oxygens (including phenoxy) is 3. The van der Waals surface area contributed by atoms with Crippen LogP contribution in [0.1, 0.15) is 32.5 Å². The lowest BCUT2D eigenvalue weighted by molar-refractivity contribution is 0.0596. The van der Waals surface area contributed by atoms with E-state index in [0.717, 1.165) is 5.56 Å². The predicted molar refractivity (Wildman–Crippen MR) is 101 cm³/mol. The Morgan fingerprint density at radius 3 is 2.63 bits per heavy atom. The Bertz CT molecular complexity index is 894. The number of amides is 1. The Kier molecular flexibility index (Phi) is 5.52. The zero-order valence-electron chi connectivity index (χ0n) is 15.3. The normalized spacial score (nSPS) is 15.4. The first-order chi connectivity index (χ1) is 13.1. The number of rotatable bonds is 5. The molecule has 1 heterocycles. The summed E-state index contributed by atoms with van der Waals surface area (Å²) in [6, 6.07) is 12.1. The third-order valence-electron chi connectivity index (χ3n) is 4.29. The molecule has 1 aliphatic heterocycles. The molecule has 7 nitrogen and oxygen atoms in total. The number of anilines is 1. The number of para-hydroxylation sites is 1. The van der Waals surface area contributed by atoms with E-state index in [1.165, 1.54) is 31.3 Å². The number of esters is 1. The topological polar surface area (TPSA) is 77.4 Å². The lowest BCUT2D eigenvalue weighted by atomic mass is 10.1. The second kappa shape index (κ2) is 8.01. The van der Waals surface area contributed by atoms with Crippen molar-refractivity contribution in [3.63, 3.8) is 0 Å². The second-order valence-corrected chi connectivity index (χ2v) is 5.85. The first-order valence-corrected chi connectivity index (χ1v) is 8.33. The third-order valence-corrected chi connectivity index (χ3v) is 4.29. The summed E-state index contributed by atoms with van der Waals surface area (Å²) in [6.07, 6.45) is 1.28. The SMILES string of the molecule is COC(=O)c1ccc(C(=O)N(C)c2ccccc2C2N=CCO2)cc1OC. The molecule has 1 unspecified atom stereocenters. The van der Waals surface area contributed by atoms with E-state index in [2.05, 4.69) is 4.99 Å². The number of carbonyl (C=O) groups excluding carboxylic acids is 2. The third kappa shape index (κ3) is 3.68. The van der Waals surface area contributed by atoms with Crippen molar-refractivity contribution in [1.82, 2.24) is 0 Å². The number of nitrogens with zero attached hydrogens (tertiary/aromatic N) is 2. The summed E-state index contributed by atoms with van der Waals surface area (Å²) >= 11 is 0. The van der Waals surface area contributed by atoms with E-state index in [-0.39, 0.29) is 17.2 Å². The van der Waals surface area contributed by atoms with Gasteiger partial charge in [-0.2, -0.15) is 0 Å². The Hall–Kier alpha value is -3.19. The second-order valence-electron chi connectivity index (χ2n) is 5.85. The number of benzene rings is 2. The molecule has 2 aromatic rings. The zero-order valence-corrected chi connectivity index (χ0v) is 15.3. The molecule has 27 heavy (non-hydrogen) atoms. The van der Waals surface area contributed by atoms with E-state index in [9.17, 15) is 9.59 Å². The number of aliphatic imine (C=N–C) groups is 1. The first-order valence-electron chi connectivity index (χ1n) is 8.33. The van der Waals surface area contributed by atoms with E-state index >= 15 is 0 Å². The molecular weight excluding hydrogens is 348 g/mol. The molecule has 0 spiro atoms. The van der Waals surface area contributed by atoms with Crippen molar-refractivity contribution in [2.24, 2.45) is 4.99 Å². The van der Waals surface area contributed by atoms with Crippen LogP contribution in [0.2, 0.25) is 0 Å². The van der Waals surface area contributed by atoms with Gasteiger partial charge in [-0.3, -0.25) is 9.79 Å². The van der Waals surface area contributed by atoms with E-state index in [1.807, 2.05) is 24.3 Å². The molecule has 7 heteroatoms. The van der Waals surface area contributed by atoms with Gasteiger partial charge in [0.2, 0.25) is 0 Å². The average Bonchev–Trinajstić information content (AvgIpc) is 3.26. The smallest absolute Gasteiger partial charge is 0.341 e. The van der Waals surface area contributed by atoms with Crippen molar-refractivity contribution in [2.75, 3.05) is 32.8 Å². The van der Waals surface area contributed by atoms with E-state index in [4.69, 9.17) is 14.2 Å². The molecule has 0 radical (unpaired) electrons. The van der Waals surface area contributed by atoms with E-state index in [1.54, 1.807) is 19.3 Å². The van der Waals surface area contributed by atoms with Crippen LogP contribution >= 0.6 is 0 Å². The Labute approximate surface area is 157 Å². The average molecular weight is 368 g/mol. The summed E-state index contributed by atoms with van der Waals surface area (Å²) in [5.41, 5.74) is 2.14. The highest BCUT2D eigenvalue weighted by atomic mass is 16.5. The van der Waals surface area contributed by atoms with Crippen LogP contribution in [0.5, 0.6) is 5.75 Å². The molecule has 3 rings (SSSR count). The predicted octanol–water partition coefficient (Wildman–Crippen LogP) is 2.86. The molecule has 1 atom stereocenters. The van der Waals surface area contributed by atoms with Gasteiger partial charge in [-0.05, 0) is 24.3 Å². The standard InChI is InChI=1S/C20H20N2O5/c1-22(16-7-5-4-6-14(16)18-21-10-11-27-18)19(23)13-8-9-15(20(24)26-3)17(12-13)25-2/h4-10,12,18H,11H2,1-3H3. The molecule has 2 aromatic carbocycles. The van der Waals surface area contributed by atoms with Crippen molar-refractivity contribution < 1.29 is 23.8 Å². The Morgan fingerprint density at radius 1 is 1.19 bits per heavy atom. The summed E-state index contributed by atoms with van der Waals surface area (Å²) in [5, 5.41) is 0. The molecule has 0 saturated heterocycles. The minimum atomic E-state index is -0.527. The maximum atomic E-state index is 13.0. The van der Waals surface area contributed by atoms with E-state index in [0.29, 0.717) is 17.9 Å². The molecule has 140 valence electrons. The van der Waals surface area contributed by atoms with Gasteiger partial charge in [0, 0.05) is 24.4 Å². The largest absolute Gasteiger partial charge is 0.496 e. The molecule has 0 aliphatic carbocycles. The van der Waals surface area contributed by atoms with Crippen LogP contribution in [0.25, 0.3) is 0 Å². The van der Waals surface area contributed by atoms with E-state index < -0.39 is 12.2 Å². The summed E-state index contributed by atoms with van der Waals surface area (Å²) in [5.74, 6) is -0.502. The number of hydrogen-bond acceptors (Lipinski definition) is 6. The summed E-state index contributed by atoms with van der Waals surface area (Å²) in [4.78, 5) is 30.6. The van der Waals surface area contributed by atoms with Crippen LogP contribution < -0.4 is 9.64 Å². The molecule has 0 N–H and O–H groups in total. The molecule has 1 aliphatic rings.